The zero-order valence-corrected chi connectivity index (χ0v) is 14.0. The highest BCUT2D eigenvalue weighted by Crippen LogP contribution is 2.19. The van der Waals surface area contributed by atoms with Crippen LogP contribution in [0.1, 0.15) is 33.1 Å². The number of halogens is 1. The maximum absolute atomic E-state index is 11.9. The van der Waals surface area contributed by atoms with Gasteiger partial charge < -0.3 is 4.42 Å². The van der Waals surface area contributed by atoms with Crippen LogP contribution in [0.15, 0.2) is 16.6 Å². The molecule has 0 spiro atoms. The molecule has 0 saturated heterocycles. The lowest BCUT2D eigenvalue weighted by Crippen LogP contribution is -2.40. The number of rotatable bonds is 3. The van der Waals surface area contributed by atoms with Crippen molar-refractivity contribution < 1.29 is 14.0 Å². The largest absolute Gasteiger partial charge is 0.466 e. The summed E-state index contributed by atoms with van der Waals surface area (Å²) >= 11 is 6.06. The van der Waals surface area contributed by atoms with Gasteiger partial charge >= 0.3 is 0 Å². The number of carbonyl (C=O) groups excluding carboxylic acids is 2. The zero-order valence-electron chi connectivity index (χ0n) is 13.2. The first-order valence-corrected chi connectivity index (χ1v) is 7.22. The van der Waals surface area contributed by atoms with Crippen LogP contribution in [0.5, 0.6) is 0 Å². The van der Waals surface area contributed by atoms with Gasteiger partial charge in [-0.05, 0) is 32.9 Å². The molecule has 122 valence electrons. The number of nitrogens with zero attached hydrogens (tertiary/aromatic N) is 2. The van der Waals surface area contributed by atoms with Crippen molar-refractivity contribution in [2.75, 3.05) is 0 Å². The molecule has 8 heteroatoms. The fourth-order valence-electron chi connectivity index (χ4n) is 2.08. The number of hydrazine groups is 1. The van der Waals surface area contributed by atoms with Crippen molar-refractivity contribution in [3.63, 3.8) is 0 Å². The van der Waals surface area contributed by atoms with Gasteiger partial charge in [0, 0.05) is 18.7 Å². The Hall–Kier alpha value is -2.54. The third-order valence-electron chi connectivity index (χ3n) is 3.18. The average molecular weight is 337 g/mol. The average Bonchev–Trinajstić information content (AvgIpc) is 2.94. The van der Waals surface area contributed by atoms with Gasteiger partial charge in [0.15, 0.2) is 0 Å². The van der Waals surface area contributed by atoms with Gasteiger partial charge in [-0.1, -0.05) is 11.6 Å². The van der Waals surface area contributed by atoms with Crippen LogP contribution in [0.25, 0.3) is 6.08 Å². The monoisotopic (exact) mass is 336 g/mol. The first-order valence-electron chi connectivity index (χ1n) is 6.84. The van der Waals surface area contributed by atoms with E-state index in [4.69, 9.17) is 16.0 Å². The summed E-state index contributed by atoms with van der Waals surface area (Å²) in [4.78, 5) is 23.7. The Morgan fingerprint density at radius 1 is 1.30 bits per heavy atom. The van der Waals surface area contributed by atoms with Crippen LogP contribution < -0.4 is 10.9 Å². The number of furan rings is 1. The minimum absolute atomic E-state index is 0.373. The number of aryl methyl sites for hydroxylation is 4. The molecule has 2 N–H and O–H groups in total. The molecule has 2 rings (SSSR count). The maximum atomic E-state index is 11.9. The molecule has 0 unspecified atom stereocenters. The lowest BCUT2D eigenvalue weighted by atomic mass is 10.2. The summed E-state index contributed by atoms with van der Waals surface area (Å²) in [6, 6.07) is 1.60. The number of amides is 2. The number of nitrogens with one attached hydrogen (secondary N) is 2. The van der Waals surface area contributed by atoms with Gasteiger partial charge in [-0.15, -0.1) is 0 Å². The summed E-state index contributed by atoms with van der Waals surface area (Å²) < 4.78 is 6.78. The minimum Gasteiger partial charge on any atom is -0.466 e. The van der Waals surface area contributed by atoms with E-state index in [1.807, 2.05) is 0 Å². The second-order valence-electron chi connectivity index (χ2n) is 5.02. The van der Waals surface area contributed by atoms with E-state index >= 15 is 0 Å². The lowest BCUT2D eigenvalue weighted by molar-refractivity contribution is -0.117. The molecule has 2 heterocycles. The maximum Gasteiger partial charge on any atom is 0.273 e. The first kappa shape index (κ1) is 16.8. The normalized spacial score (nSPS) is 11.0. The van der Waals surface area contributed by atoms with Crippen molar-refractivity contribution in [3.8, 4) is 0 Å². The molecule has 0 radical (unpaired) electrons. The molecule has 0 aliphatic carbocycles. The SMILES string of the molecule is Cc1cc(C(=O)NNC(=O)/C=C/c2c(C)nn(C)c2Cl)c(C)o1. The van der Waals surface area contributed by atoms with E-state index in [0.717, 1.165) is 0 Å². The highest BCUT2D eigenvalue weighted by atomic mass is 35.5. The van der Waals surface area contributed by atoms with E-state index in [1.165, 1.54) is 10.8 Å². The molecule has 0 bridgehead atoms. The third kappa shape index (κ3) is 3.81. The van der Waals surface area contributed by atoms with Crippen LogP contribution in [0.4, 0.5) is 0 Å². The Morgan fingerprint density at radius 3 is 2.52 bits per heavy atom. The van der Waals surface area contributed by atoms with Crippen molar-refractivity contribution >= 4 is 29.5 Å². The first-order chi connectivity index (χ1) is 10.8. The van der Waals surface area contributed by atoms with E-state index in [1.54, 1.807) is 40.0 Å². The number of hydrogen-bond donors (Lipinski definition) is 2. The van der Waals surface area contributed by atoms with Crippen LogP contribution in [-0.4, -0.2) is 21.6 Å². The van der Waals surface area contributed by atoms with Crippen molar-refractivity contribution in [2.45, 2.75) is 20.8 Å². The minimum atomic E-state index is -0.490. The van der Waals surface area contributed by atoms with Gasteiger partial charge in [-0.25, -0.2) is 0 Å². The summed E-state index contributed by atoms with van der Waals surface area (Å²) in [7, 11) is 1.71. The lowest BCUT2D eigenvalue weighted by Gasteiger charge is -2.03. The van der Waals surface area contributed by atoms with Crippen molar-refractivity contribution in [2.24, 2.45) is 7.05 Å². The Balaban J connectivity index is 1.96. The molecular formula is C15H17ClN4O3. The number of aromatic nitrogens is 2. The van der Waals surface area contributed by atoms with Crippen molar-refractivity contribution in [1.82, 2.24) is 20.6 Å². The van der Waals surface area contributed by atoms with Gasteiger partial charge in [-0.2, -0.15) is 5.10 Å². The second kappa shape index (κ2) is 6.70. The predicted molar refractivity (Wildman–Crippen MR) is 85.8 cm³/mol. The molecule has 2 amide bonds. The van der Waals surface area contributed by atoms with Crippen LogP contribution in [0, 0.1) is 20.8 Å². The quantitative estimate of drug-likeness (QED) is 0.663. The highest BCUT2D eigenvalue weighted by molar-refractivity contribution is 6.31. The highest BCUT2D eigenvalue weighted by Gasteiger charge is 2.13. The van der Waals surface area contributed by atoms with Crippen LogP contribution >= 0.6 is 11.6 Å². The smallest absolute Gasteiger partial charge is 0.273 e. The molecule has 0 atom stereocenters. The summed E-state index contributed by atoms with van der Waals surface area (Å²) in [5, 5.41) is 4.57. The third-order valence-corrected chi connectivity index (χ3v) is 3.63. The summed E-state index contributed by atoms with van der Waals surface area (Å²) in [6.45, 7) is 5.21. The zero-order chi connectivity index (χ0) is 17.1. The molecule has 7 nitrogen and oxygen atoms in total. The van der Waals surface area contributed by atoms with Crippen LogP contribution in [0.2, 0.25) is 5.15 Å². The van der Waals surface area contributed by atoms with E-state index < -0.39 is 11.8 Å². The molecule has 0 aliphatic rings. The van der Waals surface area contributed by atoms with Crippen LogP contribution in [-0.2, 0) is 11.8 Å². The van der Waals surface area contributed by atoms with E-state index in [2.05, 4.69) is 16.0 Å². The molecule has 0 aliphatic heterocycles. The van der Waals surface area contributed by atoms with E-state index in [-0.39, 0.29) is 0 Å². The van der Waals surface area contributed by atoms with Gasteiger partial charge in [-0.3, -0.25) is 25.1 Å². The molecular weight excluding hydrogens is 320 g/mol. The van der Waals surface area contributed by atoms with Crippen molar-refractivity contribution in [1.29, 1.82) is 0 Å². The molecule has 0 fully saturated rings. The summed E-state index contributed by atoms with van der Waals surface area (Å²) in [5.41, 5.74) is 6.34. The number of hydrogen-bond acceptors (Lipinski definition) is 4. The van der Waals surface area contributed by atoms with Crippen molar-refractivity contribution in [3.05, 3.63) is 45.6 Å². The molecule has 23 heavy (non-hydrogen) atoms. The fraction of sp³-hybridized carbons (Fsp3) is 0.267. The molecule has 2 aromatic rings. The van der Waals surface area contributed by atoms with Gasteiger partial charge in [0.2, 0.25) is 0 Å². The Kier molecular flexibility index (Phi) is 4.90. The predicted octanol–water partition coefficient (Wildman–Crippen LogP) is 2.07. The number of carbonyl (C=O) groups is 2. The van der Waals surface area contributed by atoms with E-state index in [0.29, 0.717) is 33.5 Å². The topological polar surface area (TPSA) is 89.2 Å². The van der Waals surface area contributed by atoms with Gasteiger partial charge in [0.05, 0.1) is 11.3 Å². The van der Waals surface area contributed by atoms with E-state index in [9.17, 15) is 9.59 Å². The fourth-order valence-corrected chi connectivity index (χ4v) is 2.32. The molecule has 2 aromatic heterocycles. The second-order valence-corrected chi connectivity index (χ2v) is 5.38. The van der Waals surface area contributed by atoms with Gasteiger partial charge in [0.25, 0.3) is 11.8 Å². The standard InChI is InChI=1S/C15H17ClN4O3/c1-8-7-12(10(3)23-8)15(22)18-17-13(21)6-5-11-9(2)19-20(4)14(11)16/h5-7H,1-4H3,(H,17,21)(H,18,22)/b6-5+. The Labute approximate surface area is 138 Å². The van der Waals surface area contributed by atoms with Crippen LogP contribution in [0.3, 0.4) is 0 Å². The summed E-state index contributed by atoms with van der Waals surface area (Å²) in [6.07, 6.45) is 2.81. The molecule has 0 saturated carbocycles. The summed E-state index contributed by atoms with van der Waals surface area (Å²) in [5.74, 6) is 0.176. The Bertz CT molecular complexity index is 789. The molecule has 0 aromatic carbocycles. The van der Waals surface area contributed by atoms with Gasteiger partial charge in [0.1, 0.15) is 16.7 Å². The Morgan fingerprint density at radius 2 is 2.00 bits per heavy atom.